The van der Waals surface area contributed by atoms with Crippen molar-refractivity contribution in [2.75, 3.05) is 18.0 Å². The topological polar surface area (TPSA) is 96.0 Å². The monoisotopic (exact) mass is 615 g/mol. The second kappa shape index (κ2) is 13.1. The number of ether oxygens (including phenoxy) is 1. The Balaban J connectivity index is 2.03. The van der Waals surface area contributed by atoms with Crippen molar-refractivity contribution in [3.8, 4) is 5.75 Å². The fraction of sp³-hybridized carbons (Fsp3) is 0.310. The summed E-state index contributed by atoms with van der Waals surface area (Å²) in [6, 6.07) is 19.3. The Hall–Kier alpha value is -3.37. The van der Waals surface area contributed by atoms with Gasteiger partial charge in [-0.05, 0) is 81.8 Å². The second-order valence-electron chi connectivity index (χ2n) is 9.51. The lowest BCUT2D eigenvalue weighted by molar-refractivity contribution is -0.139. The maximum atomic E-state index is 13.9. The number of halogens is 1. The van der Waals surface area contributed by atoms with Crippen LogP contribution in [0.2, 0.25) is 0 Å². The molecular formula is C29H34BrN3O5S. The number of carbonyl (C=O) groups is 2. The Labute approximate surface area is 239 Å². The highest BCUT2D eigenvalue weighted by molar-refractivity contribution is 9.10. The number of nitrogens with zero attached hydrogens (tertiary/aromatic N) is 2. The lowest BCUT2D eigenvalue weighted by Gasteiger charge is -2.32. The molecule has 1 N–H and O–H groups in total. The van der Waals surface area contributed by atoms with Crippen molar-refractivity contribution in [1.29, 1.82) is 0 Å². The molecule has 3 aromatic rings. The van der Waals surface area contributed by atoms with Gasteiger partial charge < -0.3 is 15.0 Å². The molecule has 0 fully saturated rings. The number of hydrogen-bond acceptors (Lipinski definition) is 5. The number of nitrogens with one attached hydrogen (secondary N) is 1. The Kier molecular flexibility index (Phi) is 10.2. The van der Waals surface area contributed by atoms with Crippen LogP contribution in [0.15, 0.2) is 82.2 Å². The number of benzene rings is 3. The maximum Gasteiger partial charge on any atom is 0.264 e. The van der Waals surface area contributed by atoms with E-state index in [1.54, 1.807) is 43.3 Å². The van der Waals surface area contributed by atoms with E-state index in [2.05, 4.69) is 21.2 Å². The lowest BCUT2D eigenvalue weighted by atomic mass is 10.1. The first-order valence-electron chi connectivity index (χ1n) is 12.5. The zero-order chi connectivity index (χ0) is 28.7. The van der Waals surface area contributed by atoms with Gasteiger partial charge in [0.2, 0.25) is 11.8 Å². The lowest BCUT2D eigenvalue weighted by Crippen LogP contribution is -2.52. The predicted octanol–water partition coefficient (Wildman–Crippen LogP) is 4.90. The van der Waals surface area contributed by atoms with E-state index in [1.165, 1.54) is 24.1 Å². The van der Waals surface area contributed by atoms with E-state index in [4.69, 9.17) is 4.74 Å². The molecule has 0 aliphatic rings. The van der Waals surface area contributed by atoms with Crippen molar-refractivity contribution in [1.82, 2.24) is 10.2 Å². The van der Waals surface area contributed by atoms with Gasteiger partial charge >= 0.3 is 0 Å². The van der Waals surface area contributed by atoms with Crippen LogP contribution in [0.5, 0.6) is 5.75 Å². The molecule has 10 heteroatoms. The van der Waals surface area contributed by atoms with E-state index in [0.29, 0.717) is 11.4 Å². The molecule has 0 aliphatic carbocycles. The first-order chi connectivity index (χ1) is 18.4. The van der Waals surface area contributed by atoms with Gasteiger partial charge in [0.15, 0.2) is 0 Å². The van der Waals surface area contributed by atoms with Crippen molar-refractivity contribution in [3.05, 3.63) is 88.4 Å². The number of aryl methyl sites for hydroxylation is 1. The van der Waals surface area contributed by atoms with E-state index in [9.17, 15) is 18.0 Å². The molecule has 0 spiro atoms. The van der Waals surface area contributed by atoms with E-state index in [0.717, 1.165) is 19.9 Å². The third kappa shape index (κ3) is 7.83. The number of anilines is 1. The molecule has 0 unspecified atom stereocenters. The molecule has 8 nitrogen and oxygen atoms in total. The fourth-order valence-electron chi connectivity index (χ4n) is 3.93. The highest BCUT2D eigenvalue weighted by Crippen LogP contribution is 2.27. The van der Waals surface area contributed by atoms with Crippen LogP contribution in [0.4, 0.5) is 5.69 Å². The summed E-state index contributed by atoms with van der Waals surface area (Å²) >= 11 is 3.45. The smallest absolute Gasteiger partial charge is 0.264 e. The highest BCUT2D eigenvalue weighted by Gasteiger charge is 2.32. The maximum absolute atomic E-state index is 13.9. The molecule has 39 heavy (non-hydrogen) atoms. The zero-order valence-electron chi connectivity index (χ0n) is 22.7. The summed E-state index contributed by atoms with van der Waals surface area (Å²) in [5, 5.41) is 2.85. The van der Waals surface area contributed by atoms with Crippen molar-refractivity contribution in [2.45, 2.75) is 51.2 Å². The average Bonchev–Trinajstić information content (AvgIpc) is 2.89. The van der Waals surface area contributed by atoms with Gasteiger partial charge in [-0.2, -0.15) is 0 Å². The minimum absolute atomic E-state index is 0.0563. The molecule has 0 saturated carbocycles. The zero-order valence-corrected chi connectivity index (χ0v) is 25.1. The summed E-state index contributed by atoms with van der Waals surface area (Å²) < 4.78 is 34.8. The normalized spacial score (nSPS) is 12.1. The van der Waals surface area contributed by atoms with E-state index >= 15 is 0 Å². The number of methoxy groups -OCH3 is 1. The molecule has 208 valence electrons. The van der Waals surface area contributed by atoms with Crippen LogP contribution < -0.4 is 14.4 Å². The molecule has 3 rings (SSSR count). The molecule has 3 aromatic carbocycles. The van der Waals surface area contributed by atoms with E-state index in [-0.39, 0.29) is 23.4 Å². The summed E-state index contributed by atoms with van der Waals surface area (Å²) in [6.07, 6.45) is 0. The molecule has 0 aromatic heterocycles. The van der Waals surface area contributed by atoms with Crippen molar-refractivity contribution >= 4 is 43.5 Å². The van der Waals surface area contributed by atoms with Crippen molar-refractivity contribution in [2.24, 2.45) is 0 Å². The average molecular weight is 617 g/mol. The van der Waals surface area contributed by atoms with Crippen LogP contribution in [0.25, 0.3) is 0 Å². The molecule has 0 saturated heterocycles. The van der Waals surface area contributed by atoms with Gasteiger partial charge in [-0.25, -0.2) is 8.42 Å². The number of sulfonamides is 1. The van der Waals surface area contributed by atoms with Crippen LogP contribution in [-0.2, 0) is 26.2 Å². The quantitative estimate of drug-likeness (QED) is 0.331. The summed E-state index contributed by atoms with van der Waals surface area (Å²) in [5.41, 5.74) is 2.00. The molecule has 0 radical (unpaired) electrons. The predicted molar refractivity (Wildman–Crippen MR) is 156 cm³/mol. The summed E-state index contributed by atoms with van der Waals surface area (Å²) in [7, 11) is -2.61. The number of carbonyl (C=O) groups excluding carboxylic acids is 2. The minimum atomic E-state index is -4.13. The van der Waals surface area contributed by atoms with E-state index < -0.39 is 28.5 Å². The largest absolute Gasteiger partial charge is 0.497 e. The van der Waals surface area contributed by atoms with Crippen molar-refractivity contribution < 1.29 is 22.7 Å². The van der Waals surface area contributed by atoms with E-state index in [1.807, 2.05) is 45.0 Å². The molecule has 2 amide bonds. The number of hydrogen-bond donors (Lipinski definition) is 1. The minimum Gasteiger partial charge on any atom is -0.497 e. The molecule has 0 bridgehead atoms. The van der Waals surface area contributed by atoms with Crippen LogP contribution in [-0.4, -0.2) is 50.9 Å². The molecule has 0 heterocycles. The summed E-state index contributed by atoms with van der Waals surface area (Å²) in [6.45, 7) is 6.79. The summed E-state index contributed by atoms with van der Waals surface area (Å²) in [5.74, 6) is -0.299. The third-order valence-corrected chi connectivity index (χ3v) is 8.37. The molecule has 0 aliphatic heterocycles. The fourth-order valence-corrected chi connectivity index (χ4v) is 5.80. The summed E-state index contributed by atoms with van der Waals surface area (Å²) in [4.78, 5) is 28.3. The highest BCUT2D eigenvalue weighted by atomic mass is 79.9. The van der Waals surface area contributed by atoms with Gasteiger partial charge in [0.05, 0.1) is 17.7 Å². The number of rotatable bonds is 11. The first kappa shape index (κ1) is 30.2. The van der Waals surface area contributed by atoms with Crippen molar-refractivity contribution in [3.63, 3.8) is 0 Å². The van der Waals surface area contributed by atoms with Crippen LogP contribution in [0.1, 0.15) is 31.9 Å². The Morgan fingerprint density at radius 1 is 0.974 bits per heavy atom. The third-order valence-electron chi connectivity index (χ3n) is 6.09. The van der Waals surface area contributed by atoms with Gasteiger partial charge in [-0.15, -0.1) is 0 Å². The Morgan fingerprint density at radius 2 is 1.62 bits per heavy atom. The molecular weight excluding hydrogens is 582 g/mol. The van der Waals surface area contributed by atoms with Crippen LogP contribution in [0, 0.1) is 6.92 Å². The Morgan fingerprint density at radius 3 is 2.18 bits per heavy atom. The Bertz CT molecular complexity index is 1390. The van der Waals surface area contributed by atoms with Gasteiger partial charge in [0, 0.05) is 17.1 Å². The van der Waals surface area contributed by atoms with Gasteiger partial charge in [0.25, 0.3) is 10.0 Å². The molecule has 1 atom stereocenters. The van der Waals surface area contributed by atoms with Crippen LogP contribution >= 0.6 is 15.9 Å². The van der Waals surface area contributed by atoms with Gasteiger partial charge in [0.1, 0.15) is 18.3 Å². The second-order valence-corrected chi connectivity index (χ2v) is 12.3. The van der Waals surface area contributed by atoms with Gasteiger partial charge in [-0.1, -0.05) is 45.8 Å². The SMILES string of the molecule is COc1ccc(N(CC(=O)N(Cc2cccc(Br)c2)[C@H](C)C(=O)NC(C)C)S(=O)(=O)c2ccc(C)cc2)cc1. The van der Waals surface area contributed by atoms with Crippen LogP contribution in [0.3, 0.4) is 0 Å². The first-order valence-corrected chi connectivity index (χ1v) is 14.7. The van der Waals surface area contributed by atoms with Gasteiger partial charge in [-0.3, -0.25) is 13.9 Å². The number of amides is 2. The standard InChI is InChI=1S/C29H34BrN3O5S/c1-20(2)31-29(35)22(4)32(18-23-7-6-8-24(30)17-23)28(34)19-33(25-11-13-26(38-5)14-12-25)39(36,37)27-15-9-21(3)10-16-27/h6-17,20,22H,18-19H2,1-5H3,(H,31,35)/t22-/m1/s1.